The van der Waals surface area contributed by atoms with Crippen LogP contribution in [0, 0.1) is 0 Å². The first kappa shape index (κ1) is 14.1. The third-order valence-electron chi connectivity index (χ3n) is 3.48. The summed E-state index contributed by atoms with van der Waals surface area (Å²) in [7, 11) is 2.10. The Balaban J connectivity index is 2.09. The average Bonchev–Trinajstić information content (AvgIpc) is 2.45. The molecule has 2 rings (SSSR count). The van der Waals surface area contributed by atoms with E-state index in [0.29, 0.717) is 5.92 Å². The third-order valence-corrected chi connectivity index (χ3v) is 3.48. The molecule has 5 heteroatoms. The summed E-state index contributed by atoms with van der Waals surface area (Å²) < 4.78 is 5.66. The van der Waals surface area contributed by atoms with Crippen LogP contribution in [0.15, 0.2) is 17.5 Å². The molecule has 0 radical (unpaired) electrons. The SMILES string of the molecule is CCC(C)c1ncncc1N=C[C@@H]1CN(C)CCO1. The molecule has 0 spiro atoms. The van der Waals surface area contributed by atoms with E-state index in [1.54, 1.807) is 12.5 Å². The monoisotopic (exact) mass is 262 g/mol. The van der Waals surface area contributed by atoms with E-state index in [0.717, 1.165) is 37.5 Å². The molecule has 0 aromatic carbocycles. The number of hydrogen-bond donors (Lipinski definition) is 0. The number of aliphatic imine (C=N–C) groups is 1. The predicted octanol–water partition coefficient (Wildman–Crippen LogP) is 2.02. The van der Waals surface area contributed by atoms with E-state index in [1.807, 2.05) is 6.21 Å². The van der Waals surface area contributed by atoms with Gasteiger partial charge in [-0.05, 0) is 13.5 Å². The van der Waals surface area contributed by atoms with Gasteiger partial charge < -0.3 is 9.64 Å². The summed E-state index contributed by atoms with van der Waals surface area (Å²) in [6.07, 6.45) is 6.34. The van der Waals surface area contributed by atoms with Crippen LogP contribution in [0.5, 0.6) is 0 Å². The lowest BCUT2D eigenvalue weighted by Gasteiger charge is -2.27. The highest BCUT2D eigenvalue weighted by molar-refractivity contribution is 5.68. The van der Waals surface area contributed by atoms with E-state index in [4.69, 9.17) is 4.74 Å². The van der Waals surface area contributed by atoms with Gasteiger partial charge in [0.2, 0.25) is 0 Å². The van der Waals surface area contributed by atoms with Crippen LogP contribution in [0.4, 0.5) is 5.69 Å². The van der Waals surface area contributed by atoms with E-state index in [-0.39, 0.29) is 6.10 Å². The van der Waals surface area contributed by atoms with Gasteiger partial charge in [0.25, 0.3) is 0 Å². The van der Waals surface area contributed by atoms with Gasteiger partial charge in [0.15, 0.2) is 0 Å². The van der Waals surface area contributed by atoms with Crippen LogP contribution in [0.1, 0.15) is 31.9 Å². The van der Waals surface area contributed by atoms with Crippen molar-refractivity contribution in [3.63, 3.8) is 0 Å². The van der Waals surface area contributed by atoms with Crippen molar-refractivity contribution in [2.45, 2.75) is 32.3 Å². The van der Waals surface area contributed by atoms with Crippen molar-refractivity contribution in [2.24, 2.45) is 4.99 Å². The molecular formula is C14H22N4O. The van der Waals surface area contributed by atoms with E-state index in [1.165, 1.54) is 0 Å². The second-order valence-corrected chi connectivity index (χ2v) is 5.05. The first-order valence-electron chi connectivity index (χ1n) is 6.85. The smallest absolute Gasteiger partial charge is 0.115 e. The lowest BCUT2D eigenvalue weighted by molar-refractivity contribution is 0.0199. The lowest BCUT2D eigenvalue weighted by Crippen LogP contribution is -2.40. The summed E-state index contributed by atoms with van der Waals surface area (Å²) in [6.45, 7) is 6.94. The van der Waals surface area contributed by atoms with Gasteiger partial charge in [0.05, 0.1) is 18.5 Å². The number of hydrogen-bond acceptors (Lipinski definition) is 5. The number of nitrogens with zero attached hydrogens (tertiary/aromatic N) is 4. The molecule has 1 unspecified atom stereocenters. The fourth-order valence-electron chi connectivity index (χ4n) is 2.07. The van der Waals surface area contributed by atoms with Gasteiger partial charge in [-0.2, -0.15) is 0 Å². The standard InChI is InChI=1S/C14H22N4O/c1-4-11(2)14-13(8-15-10-17-14)16-7-12-9-18(3)5-6-19-12/h7-8,10-12H,4-6,9H2,1-3H3/t11?,12-/m1/s1. The topological polar surface area (TPSA) is 50.6 Å². The van der Waals surface area contributed by atoms with Crippen LogP contribution in [0.2, 0.25) is 0 Å². The van der Waals surface area contributed by atoms with Gasteiger partial charge in [-0.1, -0.05) is 13.8 Å². The second-order valence-electron chi connectivity index (χ2n) is 5.05. The van der Waals surface area contributed by atoms with E-state index >= 15 is 0 Å². The van der Waals surface area contributed by atoms with Gasteiger partial charge in [-0.3, -0.25) is 4.99 Å². The quantitative estimate of drug-likeness (QED) is 0.779. The van der Waals surface area contributed by atoms with Gasteiger partial charge in [-0.15, -0.1) is 0 Å². The maximum atomic E-state index is 5.66. The van der Waals surface area contributed by atoms with Crippen molar-refractivity contribution >= 4 is 11.9 Å². The van der Waals surface area contributed by atoms with Crippen LogP contribution < -0.4 is 0 Å². The Morgan fingerprint density at radius 1 is 1.63 bits per heavy atom. The van der Waals surface area contributed by atoms with Crippen LogP contribution in [0.3, 0.4) is 0 Å². The van der Waals surface area contributed by atoms with Crippen LogP contribution in [0.25, 0.3) is 0 Å². The summed E-state index contributed by atoms with van der Waals surface area (Å²) >= 11 is 0. The Kier molecular flexibility index (Phi) is 4.99. The summed E-state index contributed by atoms with van der Waals surface area (Å²) in [4.78, 5) is 15.2. The zero-order chi connectivity index (χ0) is 13.7. The zero-order valence-electron chi connectivity index (χ0n) is 11.9. The minimum Gasteiger partial charge on any atom is -0.370 e. The molecule has 0 aliphatic carbocycles. The molecule has 1 aliphatic heterocycles. The number of ether oxygens (including phenoxy) is 1. The summed E-state index contributed by atoms with van der Waals surface area (Å²) in [5.74, 6) is 0.394. The van der Waals surface area contributed by atoms with Gasteiger partial charge in [0, 0.05) is 25.2 Å². The van der Waals surface area contributed by atoms with Gasteiger partial charge in [-0.25, -0.2) is 9.97 Å². The molecule has 2 atom stereocenters. The summed E-state index contributed by atoms with van der Waals surface area (Å²) in [5.41, 5.74) is 1.87. The molecule has 1 aromatic heterocycles. The molecule has 19 heavy (non-hydrogen) atoms. The fourth-order valence-corrected chi connectivity index (χ4v) is 2.07. The third kappa shape index (κ3) is 3.81. The highest BCUT2D eigenvalue weighted by Gasteiger charge is 2.16. The number of morpholine rings is 1. The summed E-state index contributed by atoms with van der Waals surface area (Å²) in [5, 5.41) is 0. The molecule has 0 saturated carbocycles. The first-order chi connectivity index (χ1) is 9.20. The van der Waals surface area contributed by atoms with E-state index in [9.17, 15) is 0 Å². The highest BCUT2D eigenvalue weighted by Crippen LogP contribution is 2.25. The average molecular weight is 262 g/mol. The zero-order valence-corrected chi connectivity index (χ0v) is 11.9. The van der Waals surface area contributed by atoms with Gasteiger partial charge in [0.1, 0.15) is 18.1 Å². The maximum Gasteiger partial charge on any atom is 0.115 e. The van der Waals surface area contributed by atoms with E-state index in [2.05, 4.69) is 40.8 Å². The Bertz CT molecular complexity index is 435. The molecule has 0 amide bonds. The molecule has 0 bridgehead atoms. The van der Waals surface area contributed by atoms with Crippen molar-refractivity contribution < 1.29 is 4.74 Å². The Morgan fingerprint density at radius 2 is 2.47 bits per heavy atom. The molecule has 0 N–H and O–H groups in total. The minimum atomic E-state index is 0.0590. The van der Waals surface area contributed by atoms with Crippen LogP contribution >= 0.6 is 0 Å². The minimum absolute atomic E-state index is 0.0590. The molecule has 2 heterocycles. The van der Waals surface area contributed by atoms with Crippen molar-refractivity contribution in [2.75, 3.05) is 26.7 Å². The van der Waals surface area contributed by atoms with Crippen molar-refractivity contribution in [1.29, 1.82) is 0 Å². The maximum absolute atomic E-state index is 5.66. The molecule has 5 nitrogen and oxygen atoms in total. The molecule has 1 saturated heterocycles. The number of rotatable bonds is 4. The number of aromatic nitrogens is 2. The molecule has 104 valence electrons. The molecular weight excluding hydrogens is 240 g/mol. The van der Waals surface area contributed by atoms with E-state index < -0.39 is 0 Å². The van der Waals surface area contributed by atoms with Crippen molar-refractivity contribution in [3.8, 4) is 0 Å². The predicted molar refractivity (Wildman–Crippen MR) is 76.1 cm³/mol. The fraction of sp³-hybridized carbons (Fsp3) is 0.643. The van der Waals surface area contributed by atoms with Crippen molar-refractivity contribution in [1.82, 2.24) is 14.9 Å². The molecule has 1 fully saturated rings. The molecule has 1 aliphatic rings. The highest BCUT2D eigenvalue weighted by atomic mass is 16.5. The Hall–Kier alpha value is -1.33. The first-order valence-corrected chi connectivity index (χ1v) is 6.85. The van der Waals surface area contributed by atoms with Crippen LogP contribution in [-0.4, -0.2) is 53.9 Å². The largest absolute Gasteiger partial charge is 0.370 e. The number of likely N-dealkylation sites (N-methyl/N-ethyl adjacent to an activating group) is 1. The summed E-state index contributed by atoms with van der Waals surface area (Å²) in [6, 6.07) is 0. The normalized spacial score (nSPS) is 22.8. The van der Waals surface area contributed by atoms with Crippen LogP contribution in [-0.2, 0) is 4.74 Å². The lowest BCUT2D eigenvalue weighted by atomic mass is 10.0. The molecule has 1 aromatic rings. The van der Waals surface area contributed by atoms with Gasteiger partial charge >= 0.3 is 0 Å². The second kappa shape index (κ2) is 6.73. The Morgan fingerprint density at radius 3 is 3.21 bits per heavy atom. The van der Waals surface area contributed by atoms with Crippen molar-refractivity contribution in [3.05, 3.63) is 18.2 Å². The Labute approximate surface area is 114 Å².